The van der Waals surface area contributed by atoms with Gasteiger partial charge < -0.3 is 0 Å². The normalized spacial score (nSPS) is 10.9. The molecule has 0 aliphatic rings. The summed E-state index contributed by atoms with van der Waals surface area (Å²) in [4.78, 5) is 49.8. The van der Waals surface area contributed by atoms with E-state index in [0.29, 0.717) is 10.8 Å². The maximum atomic E-state index is 12.5. The molecule has 0 radical (unpaired) electrons. The van der Waals surface area contributed by atoms with Gasteiger partial charge in [-0.25, -0.2) is 0 Å². The molecule has 0 bridgehead atoms. The molecule has 0 N–H and O–H groups in total. The molecular weight excluding hydrogens is 328 g/mol. The van der Waals surface area contributed by atoms with Gasteiger partial charge in [0.2, 0.25) is 0 Å². The third-order valence-electron chi connectivity index (χ3n) is 4.61. The van der Waals surface area contributed by atoms with Crippen LogP contribution in [-0.4, -0.2) is 23.1 Å². The second kappa shape index (κ2) is 6.30. The third-order valence-corrected chi connectivity index (χ3v) is 4.61. The van der Waals surface area contributed by atoms with Gasteiger partial charge in [0.15, 0.2) is 23.1 Å². The highest BCUT2D eigenvalue weighted by molar-refractivity contribution is 6.30. The first-order chi connectivity index (χ1) is 12.3. The molecule has 0 amide bonds. The van der Waals surface area contributed by atoms with Gasteiger partial charge in [0.25, 0.3) is 0 Å². The van der Waals surface area contributed by atoms with E-state index in [1.807, 2.05) is 30.3 Å². The van der Waals surface area contributed by atoms with Crippen molar-refractivity contribution in [3.05, 3.63) is 58.7 Å². The average Bonchev–Trinajstić information content (AvgIpc) is 2.58. The number of carbonyl (C=O) groups excluding carboxylic acids is 4. The molecule has 0 fully saturated rings. The van der Waals surface area contributed by atoms with E-state index in [2.05, 4.69) is 0 Å². The lowest BCUT2D eigenvalue weighted by Gasteiger charge is -2.19. The van der Waals surface area contributed by atoms with Gasteiger partial charge in [0, 0.05) is 27.6 Å². The average molecular weight is 346 g/mol. The van der Waals surface area contributed by atoms with Crippen molar-refractivity contribution in [2.45, 2.75) is 27.7 Å². The van der Waals surface area contributed by atoms with E-state index in [1.165, 1.54) is 27.7 Å². The van der Waals surface area contributed by atoms with Gasteiger partial charge in [-0.15, -0.1) is 0 Å². The van der Waals surface area contributed by atoms with E-state index in [-0.39, 0.29) is 33.8 Å². The van der Waals surface area contributed by atoms with Crippen molar-refractivity contribution in [1.82, 2.24) is 0 Å². The summed E-state index contributed by atoms with van der Waals surface area (Å²) in [6.07, 6.45) is 0. The lowest BCUT2D eigenvalue weighted by Crippen LogP contribution is -2.17. The minimum absolute atomic E-state index is 0.0398. The standard InChI is InChI=1S/C22H18O4/c1-11(23)18-17-10-9-15-7-5-6-8-16(15)22(17)21(14(4)26)20(13(3)25)19(18)12(2)24/h5-10H,1-4H3. The lowest BCUT2D eigenvalue weighted by molar-refractivity contribution is 0.0960. The summed E-state index contributed by atoms with van der Waals surface area (Å²) < 4.78 is 0. The Kier molecular flexibility index (Phi) is 4.28. The van der Waals surface area contributed by atoms with Crippen LogP contribution in [0.2, 0.25) is 0 Å². The number of hydrogen-bond donors (Lipinski definition) is 0. The molecule has 3 aromatic rings. The summed E-state index contributed by atoms with van der Waals surface area (Å²) >= 11 is 0. The Morgan fingerprint density at radius 3 is 1.58 bits per heavy atom. The van der Waals surface area contributed by atoms with Crippen LogP contribution in [0.4, 0.5) is 0 Å². The van der Waals surface area contributed by atoms with Crippen LogP contribution in [-0.2, 0) is 0 Å². The van der Waals surface area contributed by atoms with E-state index in [4.69, 9.17) is 0 Å². The quantitative estimate of drug-likeness (QED) is 0.502. The number of hydrogen-bond acceptors (Lipinski definition) is 4. The zero-order chi connectivity index (χ0) is 19.2. The summed E-state index contributed by atoms with van der Waals surface area (Å²) in [5.41, 5.74) is 0.491. The predicted octanol–water partition coefficient (Wildman–Crippen LogP) is 4.80. The minimum atomic E-state index is -0.405. The molecule has 0 spiro atoms. The molecule has 4 nitrogen and oxygen atoms in total. The number of Topliss-reactive ketones (excluding diaryl/α,β-unsaturated/α-hetero) is 4. The smallest absolute Gasteiger partial charge is 0.161 e. The van der Waals surface area contributed by atoms with Crippen LogP contribution in [0.25, 0.3) is 21.5 Å². The van der Waals surface area contributed by atoms with Gasteiger partial charge in [-0.05, 0) is 43.9 Å². The van der Waals surface area contributed by atoms with E-state index in [1.54, 1.807) is 6.07 Å². The van der Waals surface area contributed by atoms with Crippen molar-refractivity contribution in [3.63, 3.8) is 0 Å². The summed E-state index contributed by atoms with van der Waals surface area (Å²) in [7, 11) is 0. The Labute approximate surface area is 150 Å². The zero-order valence-corrected chi connectivity index (χ0v) is 15.1. The second-order valence-electron chi connectivity index (χ2n) is 6.43. The van der Waals surface area contributed by atoms with E-state index in [9.17, 15) is 19.2 Å². The van der Waals surface area contributed by atoms with Crippen molar-refractivity contribution >= 4 is 44.7 Å². The van der Waals surface area contributed by atoms with Crippen molar-refractivity contribution in [2.24, 2.45) is 0 Å². The van der Waals surface area contributed by atoms with Crippen molar-refractivity contribution in [1.29, 1.82) is 0 Å². The molecular formula is C22H18O4. The Morgan fingerprint density at radius 2 is 1.04 bits per heavy atom. The fourth-order valence-corrected chi connectivity index (χ4v) is 3.68. The monoisotopic (exact) mass is 346 g/mol. The van der Waals surface area contributed by atoms with Crippen LogP contribution in [0, 0.1) is 0 Å². The van der Waals surface area contributed by atoms with Crippen LogP contribution in [0.5, 0.6) is 0 Å². The SMILES string of the molecule is CC(=O)c1c(C(C)=O)c(C(C)=O)c2c(ccc3ccccc32)c1C(C)=O. The number of carbonyl (C=O) groups is 4. The number of fused-ring (bicyclic) bond motifs is 3. The fourth-order valence-electron chi connectivity index (χ4n) is 3.68. The predicted molar refractivity (Wildman–Crippen MR) is 101 cm³/mol. The fraction of sp³-hybridized carbons (Fsp3) is 0.182. The summed E-state index contributed by atoms with van der Waals surface area (Å²) in [6.45, 7) is 5.37. The number of rotatable bonds is 4. The van der Waals surface area contributed by atoms with Crippen LogP contribution < -0.4 is 0 Å². The molecule has 26 heavy (non-hydrogen) atoms. The summed E-state index contributed by atoms with van der Waals surface area (Å²) in [5.74, 6) is -1.43. The van der Waals surface area contributed by atoms with Gasteiger partial charge in [0.1, 0.15) is 0 Å². The minimum Gasteiger partial charge on any atom is -0.294 e. The molecule has 0 saturated heterocycles. The highest BCUT2D eigenvalue weighted by Gasteiger charge is 2.28. The molecule has 0 aliphatic carbocycles. The maximum absolute atomic E-state index is 12.5. The first-order valence-corrected chi connectivity index (χ1v) is 8.30. The van der Waals surface area contributed by atoms with Gasteiger partial charge in [-0.2, -0.15) is 0 Å². The highest BCUT2D eigenvalue weighted by atomic mass is 16.1. The van der Waals surface area contributed by atoms with Crippen molar-refractivity contribution < 1.29 is 19.2 Å². The topological polar surface area (TPSA) is 68.3 Å². The Morgan fingerprint density at radius 1 is 0.538 bits per heavy atom. The van der Waals surface area contributed by atoms with Gasteiger partial charge in [-0.3, -0.25) is 19.2 Å². The zero-order valence-electron chi connectivity index (χ0n) is 15.1. The van der Waals surface area contributed by atoms with Crippen LogP contribution in [0.1, 0.15) is 69.1 Å². The molecule has 130 valence electrons. The molecule has 3 aromatic carbocycles. The van der Waals surface area contributed by atoms with Gasteiger partial charge in [-0.1, -0.05) is 36.4 Å². The third kappa shape index (κ3) is 2.54. The van der Waals surface area contributed by atoms with Crippen LogP contribution >= 0.6 is 0 Å². The van der Waals surface area contributed by atoms with Crippen LogP contribution in [0.15, 0.2) is 36.4 Å². The van der Waals surface area contributed by atoms with Gasteiger partial charge >= 0.3 is 0 Å². The van der Waals surface area contributed by atoms with Crippen LogP contribution in [0.3, 0.4) is 0 Å². The largest absolute Gasteiger partial charge is 0.294 e. The highest BCUT2D eigenvalue weighted by Crippen LogP contribution is 2.37. The summed E-state index contributed by atoms with van der Waals surface area (Å²) in [5, 5.41) is 2.74. The first-order valence-electron chi connectivity index (χ1n) is 8.30. The number of benzene rings is 3. The van der Waals surface area contributed by atoms with E-state index >= 15 is 0 Å². The van der Waals surface area contributed by atoms with Crippen molar-refractivity contribution in [2.75, 3.05) is 0 Å². The van der Waals surface area contributed by atoms with E-state index < -0.39 is 11.6 Å². The van der Waals surface area contributed by atoms with E-state index in [0.717, 1.165) is 10.8 Å². The Hall–Kier alpha value is -3.14. The summed E-state index contributed by atoms with van der Waals surface area (Å²) in [6, 6.07) is 11.1. The molecule has 0 aromatic heterocycles. The Balaban J connectivity index is 2.80. The molecule has 0 unspecified atom stereocenters. The van der Waals surface area contributed by atoms with Crippen molar-refractivity contribution in [3.8, 4) is 0 Å². The lowest BCUT2D eigenvalue weighted by atomic mass is 9.82. The molecule has 0 saturated carbocycles. The Bertz CT molecular complexity index is 1140. The molecule has 0 aliphatic heterocycles. The molecule has 3 rings (SSSR count). The molecule has 0 heterocycles. The first kappa shape index (κ1) is 17.7. The molecule has 4 heteroatoms. The number of ketones is 4. The van der Waals surface area contributed by atoms with Gasteiger partial charge in [0.05, 0.1) is 0 Å². The second-order valence-corrected chi connectivity index (χ2v) is 6.43. The maximum Gasteiger partial charge on any atom is 0.161 e. The molecule has 0 atom stereocenters.